The van der Waals surface area contributed by atoms with Gasteiger partial charge >= 0.3 is 0 Å². The predicted octanol–water partition coefficient (Wildman–Crippen LogP) is 2.86. The molecule has 1 aliphatic rings. The number of anilines is 1. The van der Waals surface area contributed by atoms with Gasteiger partial charge < -0.3 is 31.0 Å². The molecule has 0 radical (unpaired) electrons. The number of imidazole rings is 1. The van der Waals surface area contributed by atoms with E-state index in [-0.39, 0.29) is 51.3 Å². The number of carbonyl (C=O) groups excluding carboxylic acids is 3. The van der Waals surface area contributed by atoms with Crippen LogP contribution in [-0.2, 0) is 11.8 Å². The van der Waals surface area contributed by atoms with E-state index in [0.29, 0.717) is 31.6 Å². The number of rotatable bonds is 9. The largest absolute Gasteiger partial charge is 0.494 e. The third-order valence-electron chi connectivity index (χ3n) is 6.49. The van der Waals surface area contributed by atoms with Gasteiger partial charge in [-0.25, -0.2) is 9.37 Å². The van der Waals surface area contributed by atoms with Crippen LogP contribution in [0, 0.1) is 17.6 Å². The summed E-state index contributed by atoms with van der Waals surface area (Å²) in [6.07, 6.45) is 2.30. The Morgan fingerprint density at radius 1 is 1.15 bits per heavy atom. The lowest BCUT2D eigenvalue weighted by Gasteiger charge is -2.34. The molecule has 1 aromatic heterocycles. The summed E-state index contributed by atoms with van der Waals surface area (Å²) in [7, 11) is 2.72. The van der Waals surface area contributed by atoms with Crippen LogP contribution in [0.5, 0.6) is 5.75 Å². The van der Waals surface area contributed by atoms with Gasteiger partial charge in [-0.1, -0.05) is 11.6 Å². The first-order valence-corrected chi connectivity index (χ1v) is 12.5. The summed E-state index contributed by atoms with van der Waals surface area (Å²) in [5, 5.41) is 8.32. The molecule has 2 aromatic carbocycles. The molecule has 0 aliphatic heterocycles. The average Bonchev–Trinajstić information content (AvgIpc) is 3.27. The van der Waals surface area contributed by atoms with E-state index in [2.05, 4.69) is 20.9 Å². The number of nitrogens with zero attached hydrogens (tertiary/aromatic N) is 2. The number of ether oxygens (including phenoxy) is 1. The highest BCUT2D eigenvalue weighted by molar-refractivity contribution is 6.34. The number of methoxy groups -OCH3 is 1. The molecular formula is C26H27ClF2N6O4. The zero-order chi connectivity index (χ0) is 28.3. The van der Waals surface area contributed by atoms with Crippen LogP contribution in [0.15, 0.2) is 36.5 Å². The fourth-order valence-electron chi connectivity index (χ4n) is 4.27. The molecule has 0 saturated heterocycles. The van der Waals surface area contributed by atoms with E-state index in [1.54, 1.807) is 0 Å². The van der Waals surface area contributed by atoms with Gasteiger partial charge in [0.2, 0.25) is 11.7 Å². The second kappa shape index (κ2) is 11.8. The Morgan fingerprint density at radius 2 is 1.90 bits per heavy atom. The molecular weight excluding hydrogens is 534 g/mol. The molecule has 3 aromatic rings. The number of aromatic nitrogens is 2. The first kappa shape index (κ1) is 28.0. The average molecular weight is 561 g/mol. The number of nitrogens with two attached hydrogens (primary N) is 1. The minimum absolute atomic E-state index is 0.0615. The van der Waals surface area contributed by atoms with Gasteiger partial charge in [0.1, 0.15) is 0 Å². The zero-order valence-corrected chi connectivity index (χ0v) is 21.9. The van der Waals surface area contributed by atoms with E-state index in [4.69, 9.17) is 22.1 Å². The van der Waals surface area contributed by atoms with Crippen molar-refractivity contribution in [3.05, 3.63) is 64.6 Å². The summed E-state index contributed by atoms with van der Waals surface area (Å²) in [5.41, 5.74) is 5.98. The number of nitrogens with one attached hydrogen (secondary N) is 3. The Bertz CT molecular complexity index is 1420. The van der Waals surface area contributed by atoms with Crippen molar-refractivity contribution in [1.29, 1.82) is 0 Å². The molecule has 0 unspecified atom stereocenters. The highest BCUT2D eigenvalue weighted by atomic mass is 35.5. The molecule has 10 nitrogen and oxygen atoms in total. The zero-order valence-electron chi connectivity index (χ0n) is 21.2. The normalized spacial score (nSPS) is 16.3. The summed E-state index contributed by atoms with van der Waals surface area (Å²) >= 11 is 6.31. The Labute approximate surface area is 227 Å². The van der Waals surface area contributed by atoms with Crippen molar-refractivity contribution in [2.24, 2.45) is 18.7 Å². The Kier molecular flexibility index (Phi) is 8.46. The van der Waals surface area contributed by atoms with Crippen molar-refractivity contribution in [1.82, 2.24) is 20.2 Å². The maximum Gasteiger partial charge on any atom is 0.291 e. The van der Waals surface area contributed by atoms with Crippen LogP contribution in [0.1, 0.15) is 33.8 Å². The van der Waals surface area contributed by atoms with Gasteiger partial charge in [0, 0.05) is 43.3 Å². The first-order valence-electron chi connectivity index (χ1n) is 12.1. The van der Waals surface area contributed by atoms with Gasteiger partial charge in [0.15, 0.2) is 17.4 Å². The van der Waals surface area contributed by atoms with Gasteiger partial charge in [-0.3, -0.25) is 14.4 Å². The summed E-state index contributed by atoms with van der Waals surface area (Å²) < 4.78 is 34.8. The van der Waals surface area contributed by atoms with E-state index < -0.39 is 23.4 Å². The number of amides is 3. The summed E-state index contributed by atoms with van der Waals surface area (Å²) in [6.45, 7) is 0.772. The topological polar surface area (TPSA) is 140 Å². The standard InChI is InChI=1S/C26H27ClF2N6O4/c1-35-19(17-5-6-20(39-2)22(29)21(17)28)12-32-23(35)26(38)33-14-3-4-16(18(27)11-14)25(37)34-15-9-13(10-15)24(36)31-8-7-30/h3-6,11-13,15H,7-10,30H2,1-2H3,(H,31,36)(H,33,38)(H,34,37)/t13-,15+. The van der Waals surface area contributed by atoms with Gasteiger partial charge in [-0.05, 0) is 43.2 Å². The van der Waals surface area contributed by atoms with Gasteiger partial charge in [0.05, 0.1) is 29.6 Å². The lowest BCUT2D eigenvalue weighted by Crippen LogP contribution is -2.49. The second-order valence-electron chi connectivity index (χ2n) is 9.04. The van der Waals surface area contributed by atoms with E-state index in [1.165, 1.54) is 55.3 Å². The molecule has 1 saturated carbocycles. The van der Waals surface area contributed by atoms with Crippen LogP contribution in [0.3, 0.4) is 0 Å². The molecule has 1 fully saturated rings. The van der Waals surface area contributed by atoms with E-state index in [9.17, 15) is 23.2 Å². The lowest BCUT2D eigenvalue weighted by molar-refractivity contribution is -0.128. The number of hydrogen-bond donors (Lipinski definition) is 4. The van der Waals surface area contributed by atoms with Crippen molar-refractivity contribution < 1.29 is 27.9 Å². The van der Waals surface area contributed by atoms with Crippen molar-refractivity contribution in [3.8, 4) is 17.0 Å². The van der Waals surface area contributed by atoms with Crippen LogP contribution in [0.25, 0.3) is 11.3 Å². The Morgan fingerprint density at radius 3 is 2.56 bits per heavy atom. The quantitative estimate of drug-likeness (QED) is 0.317. The molecule has 206 valence electrons. The fourth-order valence-corrected chi connectivity index (χ4v) is 4.54. The molecule has 39 heavy (non-hydrogen) atoms. The minimum atomic E-state index is -1.15. The monoisotopic (exact) mass is 560 g/mol. The summed E-state index contributed by atoms with van der Waals surface area (Å²) in [6, 6.07) is 6.86. The third-order valence-corrected chi connectivity index (χ3v) is 6.81. The minimum Gasteiger partial charge on any atom is -0.494 e. The maximum absolute atomic E-state index is 14.6. The third kappa shape index (κ3) is 5.86. The van der Waals surface area contributed by atoms with Crippen molar-refractivity contribution >= 4 is 35.0 Å². The second-order valence-corrected chi connectivity index (χ2v) is 9.44. The van der Waals surface area contributed by atoms with Crippen LogP contribution in [0.4, 0.5) is 14.5 Å². The highest BCUT2D eigenvalue weighted by Gasteiger charge is 2.35. The molecule has 1 aliphatic carbocycles. The Hall–Kier alpha value is -4.03. The Balaban J connectivity index is 1.39. The van der Waals surface area contributed by atoms with Crippen molar-refractivity contribution in [2.75, 3.05) is 25.5 Å². The number of benzene rings is 2. The molecule has 13 heteroatoms. The molecule has 0 bridgehead atoms. The van der Waals surface area contributed by atoms with Crippen molar-refractivity contribution in [2.45, 2.75) is 18.9 Å². The number of hydrogen-bond acceptors (Lipinski definition) is 6. The predicted molar refractivity (Wildman–Crippen MR) is 141 cm³/mol. The maximum atomic E-state index is 14.6. The molecule has 4 rings (SSSR count). The number of halogens is 3. The van der Waals surface area contributed by atoms with Crippen LogP contribution in [-0.4, -0.2) is 53.5 Å². The molecule has 5 N–H and O–H groups in total. The summed E-state index contributed by atoms with van der Waals surface area (Å²) in [4.78, 5) is 41.5. The van der Waals surface area contributed by atoms with Gasteiger partial charge in [-0.2, -0.15) is 4.39 Å². The van der Waals surface area contributed by atoms with Gasteiger partial charge in [0.25, 0.3) is 11.8 Å². The first-order chi connectivity index (χ1) is 18.6. The molecule has 0 atom stereocenters. The van der Waals surface area contributed by atoms with Crippen LogP contribution in [0.2, 0.25) is 5.02 Å². The van der Waals surface area contributed by atoms with Crippen LogP contribution >= 0.6 is 11.6 Å². The fraction of sp³-hybridized carbons (Fsp3) is 0.308. The van der Waals surface area contributed by atoms with Gasteiger partial charge in [-0.15, -0.1) is 0 Å². The lowest BCUT2D eigenvalue weighted by atomic mass is 9.79. The van der Waals surface area contributed by atoms with E-state index >= 15 is 0 Å². The SMILES string of the molecule is COc1ccc(-c2cnc(C(=O)Nc3ccc(C(=O)N[C@H]4C[C@@H](C(=O)NCCN)C4)c(Cl)c3)n2C)c(F)c1F. The molecule has 1 heterocycles. The van der Waals surface area contributed by atoms with E-state index in [0.717, 1.165) is 0 Å². The smallest absolute Gasteiger partial charge is 0.291 e. The van der Waals surface area contributed by atoms with Crippen molar-refractivity contribution in [3.63, 3.8) is 0 Å². The number of carbonyl (C=O) groups is 3. The summed E-state index contributed by atoms with van der Waals surface area (Å²) in [5.74, 6) is -3.84. The van der Waals surface area contributed by atoms with Crippen LogP contribution < -0.4 is 26.4 Å². The molecule has 3 amide bonds. The highest BCUT2D eigenvalue weighted by Crippen LogP contribution is 2.31. The molecule has 0 spiro atoms. The van der Waals surface area contributed by atoms with E-state index in [1.807, 2.05) is 0 Å².